The molecule has 120 valence electrons. The fraction of sp³-hybridized carbons (Fsp3) is 0.750. The van der Waals surface area contributed by atoms with E-state index >= 15 is 0 Å². The fourth-order valence-electron chi connectivity index (χ4n) is 3.60. The molecule has 0 bridgehead atoms. The van der Waals surface area contributed by atoms with Gasteiger partial charge in [-0.25, -0.2) is 0 Å². The molecule has 2 atom stereocenters. The van der Waals surface area contributed by atoms with Crippen LogP contribution in [0.25, 0.3) is 0 Å². The van der Waals surface area contributed by atoms with Crippen molar-refractivity contribution in [2.75, 3.05) is 39.5 Å². The van der Waals surface area contributed by atoms with Gasteiger partial charge in [0, 0.05) is 44.3 Å². The van der Waals surface area contributed by atoms with E-state index in [1.807, 2.05) is 18.1 Å². The average Bonchev–Trinajstić information content (AvgIpc) is 2.92. The van der Waals surface area contributed by atoms with Crippen molar-refractivity contribution in [2.45, 2.75) is 12.8 Å². The van der Waals surface area contributed by atoms with E-state index < -0.39 is 0 Å². The minimum Gasteiger partial charge on any atom is -0.380 e. The van der Waals surface area contributed by atoms with Crippen LogP contribution in [-0.4, -0.2) is 60.1 Å². The van der Waals surface area contributed by atoms with Crippen LogP contribution < -0.4 is 0 Å². The molecule has 0 unspecified atom stereocenters. The molecule has 1 saturated carbocycles. The van der Waals surface area contributed by atoms with E-state index in [1.54, 1.807) is 10.7 Å². The molecule has 3 fully saturated rings. The van der Waals surface area contributed by atoms with Crippen molar-refractivity contribution in [3.63, 3.8) is 0 Å². The normalized spacial score (nSPS) is 30.8. The molecule has 4 rings (SSSR count). The lowest BCUT2D eigenvalue weighted by Gasteiger charge is -2.26. The van der Waals surface area contributed by atoms with Gasteiger partial charge in [-0.2, -0.15) is 5.10 Å². The van der Waals surface area contributed by atoms with Crippen molar-refractivity contribution < 1.29 is 14.3 Å². The Kier molecular flexibility index (Phi) is 3.46. The monoisotopic (exact) mass is 305 g/mol. The highest BCUT2D eigenvalue weighted by Crippen LogP contribution is 2.42. The number of fused-ring (bicyclic) bond motifs is 1. The van der Waals surface area contributed by atoms with E-state index in [0.29, 0.717) is 24.8 Å². The Bertz CT molecular complexity index is 569. The highest BCUT2D eigenvalue weighted by molar-refractivity contribution is 5.92. The standard InChI is InChI=1S/C16H23N3O3/c1-18-5-4-14(17-18)15(20)19-6-13-8-22-11-16(13,9-19)10-21-7-12-2-3-12/h4-5,12-13H,2-3,6-11H2,1H3/t13-,16-/m1/s1. The van der Waals surface area contributed by atoms with Gasteiger partial charge in [-0.3, -0.25) is 9.48 Å². The van der Waals surface area contributed by atoms with Crippen LogP contribution in [0.2, 0.25) is 0 Å². The molecule has 1 aromatic rings. The van der Waals surface area contributed by atoms with Crippen molar-refractivity contribution in [1.82, 2.24) is 14.7 Å². The topological polar surface area (TPSA) is 56.6 Å². The first-order chi connectivity index (χ1) is 10.7. The van der Waals surface area contributed by atoms with Crippen molar-refractivity contribution in [1.29, 1.82) is 0 Å². The smallest absolute Gasteiger partial charge is 0.274 e. The fourth-order valence-corrected chi connectivity index (χ4v) is 3.60. The number of carbonyl (C=O) groups excluding carboxylic acids is 1. The van der Waals surface area contributed by atoms with Gasteiger partial charge in [-0.1, -0.05) is 0 Å². The maximum absolute atomic E-state index is 12.6. The Hall–Kier alpha value is -1.40. The predicted molar refractivity (Wildman–Crippen MR) is 79.4 cm³/mol. The van der Waals surface area contributed by atoms with E-state index in [0.717, 1.165) is 32.2 Å². The molecule has 3 aliphatic rings. The SMILES string of the molecule is Cn1ccc(C(=O)N2C[C@@H]3COC[C@]3(COCC3CC3)C2)n1. The molecule has 0 radical (unpaired) electrons. The molecule has 0 aromatic carbocycles. The van der Waals surface area contributed by atoms with E-state index in [9.17, 15) is 4.79 Å². The maximum Gasteiger partial charge on any atom is 0.274 e. The molecule has 1 amide bonds. The van der Waals surface area contributed by atoms with Crippen LogP contribution in [0.15, 0.2) is 12.3 Å². The van der Waals surface area contributed by atoms with Gasteiger partial charge in [0.25, 0.3) is 5.91 Å². The summed E-state index contributed by atoms with van der Waals surface area (Å²) in [6.45, 7) is 4.48. The van der Waals surface area contributed by atoms with E-state index in [-0.39, 0.29) is 11.3 Å². The second kappa shape index (κ2) is 5.35. The first-order valence-electron chi connectivity index (χ1n) is 8.11. The third-order valence-electron chi connectivity index (χ3n) is 5.18. The minimum atomic E-state index is -0.0146. The van der Waals surface area contributed by atoms with Crippen LogP contribution >= 0.6 is 0 Å². The number of aromatic nitrogens is 2. The number of aryl methyl sites for hydroxylation is 1. The second-order valence-electron chi connectivity index (χ2n) is 7.09. The Morgan fingerprint density at radius 1 is 1.55 bits per heavy atom. The molecule has 6 heteroatoms. The molecule has 2 saturated heterocycles. The zero-order chi connectivity index (χ0) is 15.2. The summed E-state index contributed by atoms with van der Waals surface area (Å²) in [7, 11) is 1.83. The molecule has 2 aliphatic heterocycles. The van der Waals surface area contributed by atoms with Crippen LogP contribution in [0, 0.1) is 17.3 Å². The predicted octanol–water partition coefficient (Wildman–Crippen LogP) is 0.935. The zero-order valence-electron chi connectivity index (χ0n) is 13.0. The van der Waals surface area contributed by atoms with Crippen LogP contribution in [-0.2, 0) is 16.5 Å². The number of nitrogens with zero attached hydrogens (tertiary/aromatic N) is 3. The van der Waals surface area contributed by atoms with Gasteiger partial charge in [0.2, 0.25) is 0 Å². The van der Waals surface area contributed by atoms with Gasteiger partial charge in [0.05, 0.1) is 19.8 Å². The summed E-state index contributed by atoms with van der Waals surface area (Å²) in [6.07, 6.45) is 4.41. The summed E-state index contributed by atoms with van der Waals surface area (Å²) >= 11 is 0. The quantitative estimate of drug-likeness (QED) is 0.812. The summed E-state index contributed by atoms with van der Waals surface area (Å²) in [6, 6.07) is 1.78. The van der Waals surface area contributed by atoms with E-state index in [2.05, 4.69) is 5.10 Å². The third-order valence-corrected chi connectivity index (χ3v) is 5.18. The minimum absolute atomic E-state index is 0.0146. The molecule has 22 heavy (non-hydrogen) atoms. The zero-order valence-corrected chi connectivity index (χ0v) is 13.0. The van der Waals surface area contributed by atoms with Crippen LogP contribution in [0.1, 0.15) is 23.3 Å². The van der Waals surface area contributed by atoms with Gasteiger partial charge >= 0.3 is 0 Å². The molecule has 1 aliphatic carbocycles. The van der Waals surface area contributed by atoms with Gasteiger partial charge in [-0.15, -0.1) is 0 Å². The number of likely N-dealkylation sites (tertiary alicyclic amines) is 1. The first kappa shape index (κ1) is 14.2. The van der Waals surface area contributed by atoms with E-state index in [4.69, 9.17) is 9.47 Å². The molecule has 6 nitrogen and oxygen atoms in total. The molecule has 1 aromatic heterocycles. The van der Waals surface area contributed by atoms with Gasteiger partial charge in [0.15, 0.2) is 0 Å². The second-order valence-corrected chi connectivity index (χ2v) is 7.09. The molecular weight excluding hydrogens is 282 g/mol. The highest BCUT2D eigenvalue weighted by Gasteiger charge is 2.52. The Morgan fingerprint density at radius 2 is 2.41 bits per heavy atom. The average molecular weight is 305 g/mol. The number of amides is 1. The van der Waals surface area contributed by atoms with Crippen molar-refractivity contribution >= 4 is 5.91 Å². The van der Waals surface area contributed by atoms with Gasteiger partial charge in [0.1, 0.15) is 5.69 Å². The summed E-state index contributed by atoms with van der Waals surface area (Å²) < 4.78 is 13.3. The highest BCUT2D eigenvalue weighted by atomic mass is 16.5. The molecule has 0 N–H and O–H groups in total. The number of hydrogen-bond donors (Lipinski definition) is 0. The summed E-state index contributed by atoms with van der Waals surface area (Å²) in [5, 5.41) is 4.23. The summed E-state index contributed by atoms with van der Waals surface area (Å²) in [5.74, 6) is 1.18. The molecule has 3 heterocycles. The van der Waals surface area contributed by atoms with Crippen LogP contribution in [0.5, 0.6) is 0 Å². The Balaban J connectivity index is 1.42. The lowest BCUT2D eigenvalue weighted by atomic mass is 9.82. The van der Waals surface area contributed by atoms with Crippen molar-refractivity contribution in [2.24, 2.45) is 24.3 Å². The summed E-state index contributed by atoms with van der Waals surface area (Å²) in [5.41, 5.74) is 0.511. The van der Waals surface area contributed by atoms with Crippen molar-refractivity contribution in [3.8, 4) is 0 Å². The first-order valence-corrected chi connectivity index (χ1v) is 8.11. The van der Waals surface area contributed by atoms with Crippen LogP contribution in [0.3, 0.4) is 0 Å². The largest absolute Gasteiger partial charge is 0.380 e. The van der Waals surface area contributed by atoms with Gasteiger partial charge in [-0.05, 0) is 24.8 Å². The summed E-state index contributed by atoms with van der Waals surface area (Å²) in [4.78, 5) is 14.5. The lowest BCUT2D eigenvalue weighted by molar-refractivity contribution is 0.0222. The van der Waals surface area contributed by atoms with E-state index in [1.165, 1.54) is 12.8 Å². The maximum atomic E-state index is 12.6. The number of carbonyl (C=O) groups is 1. The van der Waals surface area contributed by atoms with Crippen molar-refractivity contribution in [3.05, 3.63) is 18.0 Å². The number of rotatable bonds is 5. The molecular formula is C16H23N3O3. The lowest BCUT2D eigenvalue weighted by Crippen LogP contribution is -2.37. The Labute approximate surface area is 130 Å². The number of hydrogen-bond acceptors (Lipinski definition) is 4. The Morgan fingerprint density at radius 3 is 3.14 bits per heavy atom. The number of ether oxygens (including phenoxy) is 2. The third kappa shape index (κ3) is 2.54. The van der Waals surface area contributed by atoms with Gasteiger partial charge < -0.3 is 14.4 Å². The molecule has 0 spiro atoms. The van der Waals surface area contributed by atoms with Crippen LogP contribution in [0.4, 0.5) is 0 Å².